The number of para-hydroxylation sites is 1. The van der Waals surface area contributed by atoms with Crippen LogP contribution in [0.1, 0.15) is 30.0 Å². The maximum atomic E-state index is 16.4. The van der Waals surface area contributed by atoms with E-state index in [1.807, 2.05) is 91.9 Å². The molecule has 4 atom stereocenters. The monoisotopic (exact) mass is 704 g/mol. The Kier molecular flexibility index (Phi) is 9.21. The number of fused-ring (bicyclic) bond motifs is 3. The van der Waals surface area contributed by atoms with E-state index in [1.54, 1.807) is 47.3 Å². The van der Waals surface area contributed by atoms with E-state index in [1.165, 1.54) is 4.68 Å². The molecular weight excluding hydrogens is 664 g/mol. The number of aliphatic hydroxyl groups excluding tert-OH is 1. The second-order valence-electron chi connectivity index (χ2n) is 14.0. The van der Waals surface area contributed by atoms with Crippen LogP contribution in [0.3, 0.4) is 0 Å². The van der Waals surface area contributed by atoms with Crippen LogP contribution >= 0.6 is 0 Å². The van der Waals surface area contributed by atoms with E-state index in [-0.39, 0.29) is 43.5 Å². The number of aliphatic hydroxyl groups is 1. The van der Waals surface area contributed by atoms with Crippen molar-refractivity contribution in [3.05, 3.63) is 136 Å². The molecule has 11 heteroatoms. The lowest BCUT2D eigenvalue weighted by atomic mass is 9.82. The Hall–Kier alpha value is -4.97. The third-order valence-corrected chi connectivity index (χ3v) is 12.9. The summed E-state index contributed by atoms with van der Waals surface area (Å²) in [5, 5.41) is 15.5. The summed E-state index contributed by atoms with van der Waals surface area (Å²) in [4.78, 5) is 45.0. The number of hydrogen-bond acceptors (Lipinski definition) is 6. The number of carbonyl (C=O) groups is 2. The number of carbonyl (C=O) groups excluding carboxylic acids is 2. The maximum absolute atomic E-state index is 16.4. The summed E-state index contributed by atoms with van der Waals surface area (Å²) in [5.74, 6) is -1.10. The first-order valence-electron chi connectivity index (χ1n) is 17.3. The number of benzene rings is 4. The molecular formula is C40H41FN4O5Si. The molecule has 2 aliphatic rings. The quantitative estimate of drug-likeness (QED) is 0.139. The Morgan fingerprint density at radius 1 is 0.941 bits per heavy atom. The number of rotatable bonds is 10. The zero-order chi connectivity index (χ0) is 35.9. The SMILES string of the molecule is C[C@@H]1[C@@H]([Si](C)(C)F)[C@H](CC(=O)N(CCO)Cc2ccccc2)O[C@@]12C(=O)N(Cc1ccc(-n3ncc4ccccc4c3=O)cc1)c1ccccc12. The molecule has 0 unspecified atom stereocenters. The smallest absolute Gasteiger partial charge is 0.279 e. The Bertz CT molecular complexity index is 2140. The molecule has 5 aromatic rings. The van der Waals surface area contributed by atoms with Crippen LogP contribution in [0.15, 0.2) is 114 Å². The summed E-state index contributed by atoms with van der Waals surface area (Å²) >= 11 is 0. The lowest BCUT2D eigenvalue weighted by Crippen LogP contribution is -2.45. The first-order chi connectivity index (χ1) is 24.5. The highest BCUT2D eigenvalue weighted by molar-refractivity contribution is 6.72. The van der Waals surface area contributed by atoms with Gasteiger partial charge in [0.15, 0.2) is 5.60 Å². The number of hydrogen-bond donors (Lipinski definition) is 1. The third kappa shape index (κ3) is 6.19. The first kappa shape index (κ1) is 34.5. The van der Waals surface area contributed by atoms with Gasteiger partial charge in [0.25, 0.3) is 11.5 Å². The summed E-state index contributed by atoms with van der Waals surface area (Å²) < 4.78 is 24.5. The van der Waals surface area contributed by atoms with Crippen LogP contribution in [0.4, 0.5) is 9.80 Å². The molecule has 0 aliphatic carbocycles. The molecule has 4 aromatic carbocycles. The van der Waals surface area contributed by atoms with Crippen LogP contribution in [0.25, 0.3) is 16.5 Å². The van der Waals surface area contributed by atoms with Gasteiger partial charge in [-0.05, 0) is 48.5 Å². The van der Waals surface area contributed by atoms with Crippen molar-refractivity contribution in [1.29, 1.82) is 0 Å². The zero-order valence-corrected chi connectivity index (χ0v) is 29.9. The molecule has 3 heterocycles. The molecule has 51 heavy (non-hydrogen) atoms. The van der Waals surface area contributed by atoms with Crippen molar-refractivity contribution in [2.45, 2.75) is 56.8 Å². The number of aromatic nitrogens is 2. The molecule has 2 amide bonds. The van der Waals surface area contributed by atoms with Crippen LogP contribution in [-0.2, 0) is 33.0 Å². The van der Waals surface area contributed by atoms with E-state index in [0.717, 1.165) is 16.5 Å². The molecule has 0 saturated carbocycles. The molecule has 1 saturated heterocycles. The Labute approximate surface area is 297 Å². The highest BCUT2D eigenvalue weighted by Gasteiger charge is 2.67. The summed E-state index contributed by atoms with van der Waals surface area (Å²) in [6.45, 7) is 5.54. The van der Waals surface area contributed by atoms with Gasteiger partial charge in [-0.1, -0.05) is 85.8 Å². The highest BCUT2D eigenvalue weighted by atomic mass is 28.4. The van der Waals surface area contributed by atoms with Gasteiger partial charge < -0.3 is 23.8 Å². The van der Waals surface area contributed by atoms with Crippen molar-refractivity contribution in [3.63, 3.8) is 0 Å². The Morgan fingerprint density at radius 3 is 2.35 bits per heavy atom. The summed E-state index contributed by atoms with van der Waals surface area (Å²) in [6.07, 6.45) is 0.721. The average Bonchev–Trinajstić information content (AvgIpc) is 3.55. The van der Waals surface area contributed by atoms with Crippen molar-refractivity contribution in [1.82, 2.24) is 14.7 Å². The number of nitrogens with zero attached hydrogens (tertiary/aromatic N) is 4. The van der Waals surface area contributed by atoms with Crippen molar-refractivity contribution in [2.75, 3.05) is 18.1 Å². The maximum Gasteiger partial charge on any atom is 0.279 e. The van der Waals surface area contributed by atoms with Crippen molar-refractivity contribution >= 4 is 36.7 Å². The fourth-order valence-corrected chi connectivity index (χ4v) is 10.6. The Balaban J connectivity index is 1.17. The fraction of sp³-hybridized carbons (Fsp3) is 0.300. The number of amides is 2. The predicted octanol–water partition coefficient (Wildman–Crippen LogP) is 6.12. The molecule has 2 aliphatic heterocycles. The minimum atomic E-state index is -3.50. The van der Waals surface area contributed by atoms with Gasteiger partial charge >= 0.3 is 0 Å². The van der Waals surface area contributed by atoms with Crippen LogP contribution in [0.5, 0.6) is 0 Å². The van der Waals surface area contributed by atoms with Crippen LogP contribution < -0.4 is 10.5 Å². The largest absolute Gasteiger partial charge is 0.395 e. The van der Waals surface area contributed by atoms with Gasteiger partial charge in [-0.25, -0.2) is 0 Å². The molecule has 1 fully saturated rings. The van der Waals surface area contributed by atoms with Crippen molar-refractivity contribution in [2.24, 2.45) is 5.92 Å². The van der Waals surface area contributed by atoms with Gasteiger partial charge in [0.05, 0.1) is 48.6 Å². The van der Waals surface area contributed by atoms with Gasteiger partial charge in [0.2, 0.25) is 14.3 Å². The molecule has 7 rings (SSSR count). The molecule has 1 aromatic heterocycles. The van der Waals surface area contributed by atoms with E-state index in [0.29, 0.717) is 28.9 Å². The van der Waals surface area contributed by atoms with Gasteiger partial charge in [0.1, 0.15) is 0 Å². The second kappa shape index (κ2) is 13.6. The number of halogens is 1. The normalized spacial score (nSPS) is 21.4. The summed E-state index contributed by atoms with van der Waals surface area (Å²) in [5.41, 5.74) is 1.35. The molecule has 9 nitrogen and oxygen atoms in total. The van der Waals surface area contributed by atoms with Gasteiger partial charge in [-0.3, -0.25) is 14.4 Å². The van der Waals surface area contributed by atoms with E-state index in [2.05, 4.69) is 5.10 Å². The number of anilines is 1. The predicted molar refractivity (Wildman–Crippen MR) is 197 cm³/mol. The van der Waals surface area contributed by atoms with E-state index >= 15 is 4.11 Å². The topological polar surface area (TPSA) is 105 Å². The molecule has 1 spiro atoms. The molecule has 262 valence electrons. The van der Waals surface area contributed by atoms with Gasteiger partial charge in [-0.2, -0.15) is 9.78 Å². The highest BCUT2D eigenvalue weighted by Crippen LogP contribution is 2.60. The molecule has 0 radical (unpaired) electrons. The third-order valence-electron chi connectivity index (χ3n) is 10.4. The van der Waals surface area contributed by atoms with E-state index < -0.39 is 31.6 Å². The average molecular weight is 705 g/mol. The van der Waals surface area contributed by atoms with Crippen LogP contribution in [-0.4, -0.2) is 59.3 Å². The molecule has 0 bridgehead atoms. The lowest BCUT2D eigenvalue weighted by Gasteiger charge is -2.31. The minimum absolute atomic E-state index is 0.108. The fourth-order valence-electron chi connectivity index (χ4n) is 8.08. The van der Waals surface area contributed by atoms with Crippen molar-refractivity contribution < 1.29 is 23.5 Å². The van der Waals surface area contributed by atoms with Gasteiger partial charge in [0, 0.05) is 35.5 Å². The van der Waals surface area contributed by atoms with Gasteiger partial charge in [-0.15, -0.1) is 0 Å². The van der Waals surface area contributed by atoms with Crippen molar-refractivity contribution in [3.8, 4) is 5.69 Å². The summed E-state index contributed by atoms with van der Waals surface area (Å²) in [6, 6.07) is 31.6. The van der Waals surface area contributed by atoms with E-state index in [4.69, 9.17) is 4.74 Å². The van der Waals surface area contributed by atoms with E-state index in [9.17, 15) is 19.5 Å². The van der Waals surface area contributed by atoms with Crippen LogP contribution in [0, 0.1) is 5.92 Å². The lowest BCUT2D eigenvalue weighted by molar-refractivity contribution is -0.150. The Morgan fingerprint density at radius 2 is 1.63 bits per heavy atom. The summed E-state index contributed by atoms with van der Waals surface area (Å²) in [7, 11) is -3.50. The van der Waals surface area contributed by atoms with Crippen LogP contribution in [0.2, 0.25) is 18.6 Å². The first-order valence-corrected chi connectivity index (χ1v) is 20.3. The second-order valence-corrected chi connectivity index (χ2v) is 17.8. The standard InChI is InChI=1S/C40H41FN4O5Si/c1-27-37(51(2,3)41)35(23-36(47)43(21-22-46)25-28-11-5-4-6-12-28)50-40(27)33-15-9-10-16-34(33)44(39(40)49)26-29-17-19-31(20-18-29)45-38(48)32-14-8-7-13-30(32)24-42-45/h4-20,24,27,35,37,46H,21-23,25-26H2,1-3H3/t27-,35+,37-,40+/m1/s1. The zero-order valence-electron chi connectivity index (χ0n) is 28.9. The minimum Gasteiger partial charge on any atom is -0.395 e. The number of ether oxygens (including phenoxy) is 1. The molecule has 1 N–H and O–H groups in total.